The van der Waals surface area contributed by atoms with Gasteiger partial charge in [-0.3, -0.25) is 0 Å². The Morgan fingerprint density at radius 3 is 2.71 bits per heavy atom. The van der Waals surface area contributed by atoms with E-state index in [9.17, 15) is 0 Å². The molecule has 2 aromatic rings. The molecule has 0 aliphatic carbocycles. The molecule has 0 aliphatic rings. The number of thioether (sulfide) groups is 1. The van der Waals surface area contributed by atoms with Crippen LogP contribution in [0.4, 0.5) is 0 Å². The number of halogens is 1. The average molecular weight is 219 g/mol. The fraction of sp³-hybridized carbons (Fsp3) is 0.0909. The molecule has 0 saturated heterocycles. The lowest BCUT2D eigenvalue weighted by atomic mass is 9.93. The first kappa shape index (κ1) is 9.94. The lowest BCUT2D eigenvalue weighted by Gasteiger charge is -2.09. The van der Waals surface area contributed by atoms with Gasteiger partial charge in [-0.05, 0) is 11.6 Å². The minimum Gasteiger partial charge on any atom is -0.129 e. The van der Waals surface area contributed by atoms with Crippen molar-refractivity contribution in [2.75, 3.05) is 6.26 Å². The van der Waals surface area contributed by atoms with Crippen LogP contribution in [-0.4, -0.2) is 14.1 Å². The zero-order valence-electron chi connectivity index (χ0n) is 7.75. The Labute approximate surface area is 94.1 Å². The molecule has 0 fully saturated rings. The third-order valence-electron chi connectivity index (χ3n) is 2.17. The first-order valence-corrected chi connectivity index (χ1v) is 5.85. The van der Waals surface area contributed by atoms with E-state index >= 15 is 0 Å². The van der Waals surface area contributed by atoms with Crippen LogP contribution in [0.2, 0.25) is 5.02 Å². The van der Waals surface area contributed by atoms with Gasteiger partial charge in [0.1, 0.15) is 7.85 Å². The van der Waals surface area contributed by atoms with E-state index in [0.717, 1.165) is 26.2 Å². The van der Waals surface area contributed by atoms with E-state index < -0.39 is 0 Å². The highest BCUT2D eigenvalue weighted by Crippen LogP contribution is 2.30. The third kappa shape index (κ3) is 1.53. The van der Waals surface area contributed by atoms with Gasteiger partial charge in [-0.25, -0.2) is 0 Å². The van der Waals surface area contributed by atoms with Gasteiger partial charge < -0.3 is 0 Å². The summed E-state index contributed by atoms with van der Waals surface area (Å²) in [6.45, 7) is 0. The van der Waals surface area contributed by atoms with Crippen LogP contribution in [0.1, 0.15) is 0 Å². The lowest BCUT2D eigenvalue weighted by Crippen LogP contribution is -2.06. The first-order valence-electron chi connectivity index (χ1n) is 4.24. The van der Waals surface area contributed by atoms with Gasteiger partial charge in [-0.2, -0.15) is 0 Å². The SMILES string of the molecule is [B]c1cc2ccccc2c(Cl)c1SC. The molecule has 0 spiro atoms. The van der Waals surface area contributed by atoms with Crippen LogP contribution in [0, 0.1) is 0 Å². The summed E-state index contributed by atoms with van der Waals surface area (Å²) in [5.41, 5.74) is 0.751. The minimum absolute atomic E-state index is 0.751. The molecule has 0 bridgehead atoms. The predicted octanol–water partition coefficient (Wildman–Crippen LogP) is 3.01. The predicted molar refractivity (Wildman–Crippen MR) is 66.1 cm³/mol. The second kappa shape index (κ2) is 3.88. The number of hydrogen-bond donors (Lipinski definition) is 0. The Hall–Kier alpha value is -0.595. The van der Waals surface area contributed by atoms with E-state index in [-0.39, 0.29) is 0 Å². The van der Waals surface area contributed by atoms with Crippen molar-refractivity contribution in [2.24, 2.45) is 0 Å². The number of fused-ring (bicyclic) bond motifs is 1. The van der Waals surface area contributed by atoms with Gasteiger partial charge >= 0.3 is 0 Å². The smallest absolute Gasteiger partial charge is 0.115 e. The van der Waals surface area contributed by atoms with E-state index in [1.807, 2.05) is 36.6 Å². The van der Waals surface area contributed by atoms with E-state index in [1.165, 1.54) is 0 Å². The Balaban J connectivity index is 2.86. The molecule has 0 saturated carbocycles. The normalized spacial score (nSPS) is 10.7. The molecular formula is C11H8BClS. The molecular weight excluding hydrogens is 210 g/mol. The van der Waals surface area contributed by atoms with Crippen LogP contribution >= 0.6 is 23.4 Å². The van der Waals surface area contributed by atoms with Gasteiger partial charge in [0, 0.05) is 10.3 Å². The monoisotopic (exact) mass is 218 g/mol. The minimum atomic E-state index is 0.751. The summed E-state index contributed by atoms with van der Waals surface area (Å²) in [7, 11) is 5.89. The molecule has 0 nitrogen and oxygen atoms in total. The standard InChI is InChI=1S/C11H8BClS/c1-14-11-9(12)6-7-4-2-3-5-8(7)10(11)13/h2-6H,1H3. The highest BCUT2D eigenvalue weighted by molar-refractivity contribution is 7.99. The Morgan fingerprint density at radius 1 is 1.29 bits per heavy atom. The van der Waals surface area contributed by atoms with Crippen LogP contribution in [0.5, 0.6) is 0 Å². The quantitative estimate of drug-likeness (QED) is 0.524. The van der Waals surface area contributed by atoms with Gasteiger partial charge in [0.05, 0.1) is 5.02 Å². The van der Waals surface area contributed by atoms with Crippen molar-refractivity contribution in [1.82, 2.24) is 0 Å². The second-order valence-corrected chi connectivity index (χ2v) is 4.23. The summed E-state index contributed by atoms with van der Waals surface area (Å²) in [6.07, 6.45) is 1.98. The maximum Gasteiger partial charge on any atom is 0.115 e. The van der Waals surface area contributed by atoms with Crippen molar-refractivity contribution in [2.45, 2.75) is 4.90 Å². The molecule has 14 heavy (non-hydrogen) atoms. The van der Waals surface area contributed by atoms with E-state index in [4.69, 9.17) is 19.4 Å². The summed E-state index contributed by atoms with van der Waals surface area (Å²) >= 11 is 7.83. The van der Waals surface area contributed by atoms with E-state index in [2.05, 4.69) is 0 Å². The number of rotatable bonds is 1. The molecule has 0 amide bonds. The molecule has 0 aromatic heterocycles. The Bertz CT molecular complexity index is 482. The maximum absolute atomic E-state index is 6.25. The summed E-state index contributed by atoms with van der Waals surface area (Å²) in [5, 5.41) is 2.91. The molecule has 0 aliphatic heterocycles. The summed E-state index contributed by atoms with van der Waals surface area (Å²) in [6, 6.07) is 9.96. The van der Waals surface area contributed by atoms with E-state index in [1.54, 1.807) is 11.8 Å². The largest absolute Gasteiger partial charge is 0.129 e. The number of hydrogen-bond acceptors (Lipinski definition) is 1. The molecule has 2 radical (unpaired) electrons. The van der Waals surface area contributed by atoms with Gasteiger partial charge in [0.15, 0.2) is 0 Å². The molecule has 0 N–H and O–H groups in total. The van der Waals surface area contributed by atoms with Crippen molar-refractivity contribution < 1.29 is 0 Å². The molecule has 68 valence electrons. The van der Waals surface area contributed by atoms with Crippen molar-refractivity contribution in [3.8, 4) is 0 Å². The van der Waals surface area contributed by atoms with Gasteiger partial charge in [-0.15, -0.1) is 11.8 Å². The van der Waals surface area contributed by atoms with Crippen molar-refractivity contribution >= 4 is 47.4 Å². The highest BCUT2D eigenvalue weighted by Gasteiger charge is 2.06. The van der Waals surface area contributed by atoms with Crippen LogP contribution in [0.15, 0.2) is 35.2 Å². The maximum atomic E-state index is 6.25. The van der Waals surface area contributed by atoms with Crippen molar-refractivity contribution in [3.05, 3.63) is 35.4 Å². The van der Waals surface area contributed by atoms with Crippen LogP contribution in [-0.2, 0) is 0 Å². The third-order valence-corrected chi connectivity index (χ3v) is 3.53. The van der Waals surface area contributed by atoms with Crippen LogP contribution < -0.4 is 5.46 Å². The number of benzene rings is 2. The molecule has 0 heterocycles. The van der Waals surface area contributed by atoms with E-state index in [0.29, 0.717) is 0 Å². The Morgan fingerprint density at radius 2 is 2.00 bits per heavy atom. The highest BCUT2D eigenvalue weighted by atomic mass is 35.5. The zero-order chi connectivity index (χ0) is 10.1. The first-order chi connectivity index (χ1) is 6.74. The van der Waals surface area contributed by atoms with Gasteiger partial charge in [0.25, 0.3) is 0 Å². The summed E-state index contributed by atoms with van der Waals surface area (Å²) in [4.78, 5) is 0.963. The van der Waals surface area contributed by atoms with Crippen LogP contribution in [0.3, 0.4) is 0 Å². The van der Waals surface area contributed by atoms with Crippen LogP contribution in [0.25, 0.3) is 10.8 Å². The molecule has 3 heteroatoms. The molecule has 2 aromatic carbocycles. The fourth-order valence-corrected chi connectivity index (χ4v) is 2.61. The van der Waals surface area contributed by atoms with Gasteiger partial charge in [0.2, 0.25) is 0 Å². The van der Waals surface area contributed by atoms with Crippen molar-refractivity contribution in [1.29, 1.82) is 0 Å². The van der Waals surface area contributed by atoms with Crippen molar-refractivity contribution in [3.63, 3.8) is 0 Å². The summed E-state index contributed by atoms with van der Waals surface area (Å²) < 4.78 is 0. The molecule has 0 atom stereocenters. The summed E-state index contributed by atoms with van der Waals surface area (Å²) in [5.74, 6) is 0. The molecule has 2 rings (SSSR count). The second-order valence-electron chi connectivity index (χ2n) is 3.03. The average Bonchev–Trinajstić information content (AvgIpc) is 2.18. The Kier molecular flexibility index (Phi) is 2.75. The zero-order valence-corrected chi connectivity index (χ0v) is 9.32. The fourth-order valence-electron chi connectivity index (χ4n) is 1.51. The van der Waals surface area contributed by atoms with Gasteiger partial charge in [-0.1, -0.05) is 47.4 Å². The molecule has 0 unspecified atom stereocenters. The lowest BCUT2D eigenvalue weighted by molar-refractivity contribution is 1.57. The topological polar surface area (TPSA) is 0 Å².